The number of anilines is 2. The summed E-state index contributed by atoms with van der Waals surface area (Å²) in [5.41, 5.74) is 9.47. The van der Waals surface area contributed by atoms with E-state index in [4.69, 9.17) is 11.1 Å². The fraction of sp³-hybridized carbons (Fsp3) is 0.238. The molecule has 0 saturated carbocycles. The van der Waals surface area contributed by atoms with Crippen LogP contribution in [0.4, 0.5) is 11.5 Å². The van der Waals surface area contributed by atoms with E-state index in [0.717, 1.165) is 30.8 Å². The molecule has 0 aliphatic carbocycles. The summed E-state index contributed by atoms with van der Waals surface area (Å²) in [5.74, 6) is 0.765. The maximum absolute atomic E-state index is 9.93. The molecule has 0 aromatic carbocycles. The Balaban J connectivity index is 1.65. The summed E-state index contributed by atoms with van der Waals surface area (Å²) >= 11 is 0. The number of aliphatic hydroxyl groups excluding tert-OH is 1. The molecule has 4 rings (SSSR count). The van der Waals surface area contributed by atoms with Crippen molar-refractivity contribution in [3.8, 4) is 11.3 Å². The lowest BCUT2D eigenvalue weighted by molar-refractivity contribution is 0.154. The lowest BCUT2D eigenvalue weighted by Crippen LogP contribution is -2.38. The number of piperidine rings is 1. The molecule has 0 bridgehead atoms. The average Bonchev–Trinajstić information content (AvgIpc) is 2.74. The average molecular weight is 374 g/mol. The number of hydrogen-bond acceptors (Lipinski definition) is 7. The van der Waals surface area contributed by atoms with Gasteiger partial charge in [0.05, 0.1) is 35.1 Å². The number of pyridine rings is 3. The van der Waals surface area contributed by atoms with Crippen LogP contribution in [0.5, 0.6) is 0 Å². The molecule has 3 aromatic rings. The number of aliphatic hydroxyl groups is 1. The third-order valence-corrected chi connectivity index (χ3v) is 4.87. The second-order valence-corrected chi connectivity index (χ2v) is 6.90. The van der Waals surface area contributed by atoms with Gasteiger partial charge in [-0.25, -0.2) is 4.98 Å². The van der Waals surface area contributed by atoms with Crippen LogP contribution in [-0.2, 0) is 0 Å². The Hall–Kier alpha value is -3.32. The van der Waals surface area contributed by atoms with Gasteiger partial charge >= 0.3 is 0 Å². The summed E-state index contributed by atoms with van der Waals surface area (Å²) in [6.45, 7) is 1.41. The molecule has 1 saturated heterocycles. The first-order chi connectivity index (χ1) is 13.6. The van der Waals surface area contributed by atoms with E-state index in [1.165, 1.54) is 0 Å². The normalized spacial score (nSPS) is 16.8. The molecule has 4 N–H and O–H groups in total. The lowest BCUT2D eigenvalue weighted by Gasteiger charge is -2.31. The van der Waals surface area contributed by atoms with E-state index < -0.39 is 0 Å². The van der Waals surface area contributed by atoms with Crippen molar-refractivity contribution in [1.29, 1.82) is 5.41 Å². The second kappa shape index (κ2) is 7.74. The second-order valence-electron chi connectivity index (χ2n) is 6.90. The van der Waals surface area contributed by atoms with Gasteiger partial charge in [0, 0.05) is 36.6 Å². The van der Waals surface area contributed by atoms with Crippen LogP contribution in [0.1, 0.15) is 24.1 Å². The van der Waals surface area contributed by atoms with E-state index >= 15 is 0 Å². The largest absolute Gasteiger partial charge is 0.397 e. The first-order valence-electron chi connectivity index (χ1n) is 9.27. The lowest BCUT2D eigenvalue weighted by atomic mass is 10.0. The monoisotopic (exact) mass is 374 g/mol. The number of aromatic nitrogens is 3. The van der Waals surface area contributed by atoms with Gasteiger partial charge in [-0.15, -0.1) is 0 Å². The number of nitrogens with two attached hydrogens (primary N) is 1. The highest BCUT2D eigenvalue weighted by molar-refractivity contribution is 6.13. The van der Waals surface area contributed by atoms with Crippen LogP contribution in [0.3, 0.4) is 0 Å². The summed E-state index contributed by atoms with van der Waals surface area (Å²) in [6, 6.07) is 11.2. The van der Waals surface area contributed by atoms with Crippen molar-refractivity contribution in [2.75, 3.05) is 23.7 Å². The fourth-order valence-electron chi connectivity index (χ4n) is 3.39. The molecule has 1 aliphatic rings. The molecule has 3 aromatic heterocycles. The van der Waals surface area contributed by atoms with Gasteiger partial charge in [0.15, 0.2) is 0 Å². The Morgan fingerprint density at radius 3 is 2.89 bits per heavy atom. The maximum atomic E-state index is 9.93. The molecule has 0 amide bonds. The molecule has 0 radical (unpaired) electrons. The molecule has 0 spiro atoms. The summed E-state index contributed by atoms with van der Waals surface area (Å²) in [6.07, 6.45) is 6.41. The fourth-order valence-corrected chi connectivity index (χ4v) is 3.39. The van der Waals surface area contributed by atoms with Gasteiger partial charge in [0.1, 0.15) is 5.82 Å². The summed E-state index contributed by atoms with van der Waals surface area (Å²) in [5, 5.41) is 18.6. The van der Waals surface area contributed by atoms with Crippen molar-refractivity contribution in [3.05, 3.63) is 66.2 Å². The zero-order valence-corrected chi connectivity index (χ0v) is 15.4. The van der Waals surface area contributed by atoms with Gasteiger partial charge in [-0.1, -0.05) is 6.07 Å². The molecular formula is C21H22N6O. The number of hydrogen-bond donors (Lipinski definition) is 3. The molecule has 0 unspecified atom stereocenters. The molecule has 4 heterocycles. The van der Waals surface area contributed by atoms with Gasteiger partial charge in [0.2, 0.25) is 0 Å². The van der Waals surface area contributed by atoms with Crippen molar-refractivity contribution >= 4 is 17.2 Å². The van der Waals surface area contributed by atoms with Gasteiger partial charge in [-0.3, -0.25) is 15.4 Å². The van der Waals surface area contributed by atoms with E-state index in [0.29, 0.717) is 29.2 Å². The highest BCUT2D eigenvalue weighted by Gasteiger charge is 2.20. The van der Waals surface area contributed by atoms with Crippen LogP contribution >= 0.6 is 0 Å². The predicted molar refractivity (Wildman–Crippen MR) is 110 cm³/mol. The van der Waals surface area contributed by atoms with Crippen molar-refractivity contribution in [1.82, 2.24) is 15.0 Å². The minimum Gasteiger partial charge on any atom is -0.397 e. The Bertz CT molecular complexity index is 991. The Morgan fingerprint density at radius 1 is 1.21 bits per heavy atom. The first-order valence-corrected chi connectivity index (χ1v) is 9.27. The minimum absolute atomic E-state index is 0.240. The first kappa shape index (κ1) is 18.1. The standard InChI is InChI=1S/C21H22N6O/c22-17-12-25-19(14-4-2-8-24-11-14)10-16(17)21(23)18-6-1-7-20(26-18)27-9-3-5-15(28)13-27/h1-2,4,6-8,10-12,15,23,28H,3,5,9,13,22H2/t15-/m0/s1. The number of rotatable bonds is 4. The third kappa shape index (κ3) is 3.70. The van der Waals surface area contributed by atoms with Crippen LogP contribution in [0, 0.1) is 5.41 Å². The number of nitrogen functional groups attached to an aromatic ring is 1. The number of nitrogens with zero attached hydrogens (tertiary/aromatic N) is 4. The topological polar surface area (TPSA) is 112 Å². The molecule has 1 aliphatic heterocycles. The number of β-amino-alcohol motifs (C(OH)–C–C–N with tert-alkyl or cyclic N) is 1. The molecule has 1 atom stereocenters. The molecule has 1 fully saturated rings. The highest BCUT2D eigenvalue weighted by atomic mass is 16.3. The van der Waals surface area contributed by atoms with E-state index in [1.54, 1.807) is 30.7 Å². The van der Waals surface area contributed by atoms with Gasteiger partial charge in [-0.2, -0.15) is 0 Å². The van der Waals surface area contributed by atoms with Crippen LogP contribution in [-0.4, -0.2) is 45.0 Å². The van der Waals surface area contributed by atoms with Crippen molar-refractivity contribution in [2.24, 2.45) is 0 Å². The third-order valence-electron chi connectivity index (χ3n) is 4.87. The maximum Gasteiger partial charge on any atom is 0.129 e. The smallest absolute Gasteiger partial charge is 0.129 e. The van der Waals surface area contributed by atoms with E-state index in [9.17, 15) is 5.11 Å². The molecule has 7 nitrogen and oxygen atoms in total. The van der Waals surface area contributed by atoms with E-state index in [1.807, 2.05) is 24.3 Å². The van der Waals surface area contributed by atoms with Gasteiger partial charge < -0.3 is 15.7 Å². The molecule has 28 heavy (non-hydrogen) atoms. The summed E-state index contributed by atoms with van der Waals surface area (Å²) < 4.78 is 0. The van der Waals surface area contributed by atoms with Crippen LogP contribution in [0.25, 0.3) is 11.3 Å². The highest BCUT2D eigenvalue weighted by Crippen LogP contribution is 2.24. The molecule has 7 heteroatoms. The van der Waals surface area contributed by atoms with Gasteiger partial charge in [-0.05, 0) is 43.2 Å². The van der Waals surface area contributed by atoms with Crippen molar-refractivity contribution in [3.63, 3.8) is 0 Å². The molecular weight excluding hydrogens is 352 g/mol. The van der Waals surface area contributed by atoms with E-state index in [2.05, 4.69) is 19.9 Å². The van der Waals surface area contributed by atoms with Crippen LogP contribution in [0.15, 0.2) is 55.0 Å². The molecule has 142 valence electrons. The predicted octanol–water partition coefficient (Wildman–Crippen LogP) is 2.50. The zero-order chi connectivity index (χ0) is 19.5. The Labute approximate surface area is 163 Å². The summed E-state index contributed by atoms with van der Waals surface area (Å²) in [7, 11) is 0. The minimum atomic E-state index is -0.337. The Morgan fingerprint density at radius 2 is 2.11 bits per heavy atom. The van der Waals surface area contributed by atoms with Crippen LogP contribution < -0.4 is 10.6 Å². The summed E-state index contributed by atoms with van der Waals surface area (Å²) in [4.78, 5) is 15.2. The number of nitrogens with one attached hydrogen (secondary N) is 1. The SMILES string of the molecule is N=C(c1cccc(N2CCC[C@H](O)C2)n1)c1cc(-c2cccnc2)ncc1N. The van der Waals surface area contributed by atoms with Crippen molar-refractivity contribution < 1.29 is 5.11 Å². The zero-order valence-electron chi connectivity index (χ0n) is 15.4. The van der Waals surface area contributed by atoms with E-state index in [-0.39, 0.29) is 11.8 Å². The van der Waals surface area contributed by atoms with Crippen LogP contribution in [0.2, 0.25) is 0 Å². The Kier molecular flexibility index (Phi) is 4.99. The van der Waals surface area contributed by atoms with Gasteiger partial charge in [0.25, 0.3) is 0 Å². The van der Waals surface area contributed by atoms with Crippen molar-refractivity contribution in [2.45, 2.75) is 18.9 Å². The quantitative estimate of drug-likeness (QED) is 0.605.